The third-order valence-corrected chi connectivity index (χ3v) is 9.41. The molecule has 1 spiro atoms. The summed E-state index contributed by atoms with van der Waals surface area (Å²) in [5, 5.41) is 13.6. The second-order valence-corrected chi connectivity index (χ2v) is 11.8. The van der Waals surface area contributed by atoms with Crippen LogP contribution in [0.25, 0.3) is 0 Å². The number of likely N-dealkylation sites (tertiary alicyclic amines) is 3. The Hall–Kier alpha value is -2.12. The number of carbonyl (C=O) groups excluding carboxylic acids is 2. The van der Waals surface area contributed by atoms with E-state index in [0.717, 1.165) is 77.7 Å². The number of benzene rings is 1. The summed E-state index contributed by atoms with van der Waals surface area (Å²) in [4.78, 5) is 32.8. The van der Waals surface area contributed by atoms with E-state index >= 15 is 0 Å². The molecule has 7 nitrogen and oxygen atoms in total. The maximum atomic E-state index is 13.5. The molecule has 2 N–H and O–H groups in total. The summed E-state index contributed by atoms with van der Waals surface area (Å²) in [6.07, 6.45) is 7.09. The molecule has 1 unspecified atom stereocenters. The molecule has 3 saturated heterocycles. The summed E-state index contributed by atoms with van der Waals surface area (Å²) in [5.41, 5.74) is 1.05. The number of amides is 3. The number of aliphatic hydroxyl groups excluding tert-OH is 1. The topological polar surface area (TPSA) is 76.1 Å². The Morgan fingerprint density at radius 2 is 1.80 bits per heavy atom. The van der Waals surface area contributed by atoms with Crippen LogP contribution in [0.3, 0.4) is 0 Å². The molecule has 0 bridgehead atoms. The number of urea groups is 1. The van der Waals surface area contributed by atoms with Crippen molar-refractivity contribution in [1.29, 1.82) is 0 Å². The second-order valence-electron chi connectivity index (χ2n) is 11.8. The van der Waals surface area contributed by atoms with Crippen molar-refractivity contribution in [2.24, 2.45) is 11.3 Å². The van der Waals surface area contributed by atoms with Gasteiger partial charge in [0.05, 0.1) is 11.5 Å². The van der Waals surface area contributed by atoms with Crippen molar-refractivity contribution in [3.63, 3.8) is 0 Å². The van der Waals surface area contributed by atoms with E-state index in [0.29, 0.717) is 24.4 Å². The first-order valence-corrected chi connectivity index (χ1v) is 13.8. The fourth-order valence-corrected chi connectivity index (χ4v) is 7.10. The largest absolute Gasteiger partial charge is 0.393 e. The molecule has 3 aliphatic heterocycles. The Labute approximate surface area is 208 Å². The zero-order valence-corrected chi connectivity index (χ0v) is 20.8. The summed E-state index contributed by atoms with van der Waals surface area (Å²) in [7, 11) is 0. The number of nitrogens with one attached hydrogen (secondary N) is 1. The van der Waals surface area contributed by atoms with E-state index in [2.05, 4.69) is 40.5 Å². The van der Waals surface area contributed by atoms with Crippen molar-refractivity contribution in [2.45, 2.75) is 75.5 Å². The van der Waals surface area contributed by atoms with Gasteiger partial charge in [0.15, 0.2) is 0 Å². The Kier molecular flexibility index (Phi) is 6.25. The van der Waals surface area contributed by atoms with Gasteiger partial charge in [0.25, 0.3) is 0 Å². The van der Waals surface area contributed by atoms with Crippen LogP contribution in [-0.4, -0.2) is 89.2 Å². The normalized spacial score (nSPS) is 35.5. The maximum absolute atomic E-state index is 13.5. The molecule has 3 heterocycles. The third-order valence-electron chi connectivity index (χ3n) is 9.41. The Bertz CT molecular complexity index is 927. The summed E-state index contributed by atoms with van der Waals surface area (Å²) in [6.45, 7) is 4.78. The summed E-state index contributed by atoms with van der Waals surface area (Å²) in [6, 6.07) is 11.7. The average Bonchev–Trinajstić information content (AvgIpc) is 3.58. The molecule has 2 saturated carbocycles. The van der Waals surface area contributed by atoms with Crippen LogP contribution in [0, 0.1) is 11.3 Å². The van der Waals surface area contributed by atoms with Crippen LogP contribution in [0.5, 0.6) is 0 Å². The van der Waals surface area contributed by atoms with E-state index < -0.39 is 0 Å². The SMILES string of the molecule is O=C(N1CC(CN[C@H]2CC2c2ccccc2)C1)N1CCC[C@]2(CCN(C3CCC(O)CC3)C2=O)C1. The van der Waals surface area contributed by atoms with Crippen LogP contribution < -0.4 is 5.32 Å². The molecule has 2 aliphatic carbocycles. The van der Waals surface area contributed by atoms with Crippen LogP contribution in [-0.2, 0) is 4.79 Å². The quantitative estimate of drug-likeness (QED) is 0.680. The van der Waals surface area contributed by atoms with Gasteiger partial charge in [-0.05, 0) is 56.9 Å². The highest BCUT2D eigenvalue weighted by Crippen LogP contribution is 2.43. The van der Waals surface area contributed by atoms with Gasteiger partial charge in [0, 0.05) is 63.2 Å². The minimum atomic E-state index is -0.381. The lowest BCUT2D eigenvalue weighted by atomic mass is 9.78. The average molecular weight is 481 g/mol. The Morgan fingerprint density at radius 1 is 1.03 bits per heavy atom. The summed E-state index contributed by atoms with van der Waals surface area (Å²) < 4.78 is 0. The van der Waals surface area contributed by atoms with Gasteiger partial charge in [0.2, 0.25) is 5.91 Å². The van der Waals surface area contributed by atoms with Crippen molar-refractivity contribution in [3.8, 4) is 0 Å². The summed E-state index contributed by atoms with van der Waals surface area (Å²) >= 11 is 0. The van der Waals surface area contributed by atoms with E-state index in [1.54, 1.807) is 0 Å². The van der Waals surface area contributed by atoms with Gasteiger partial charge in [0.1, 0.15) is 0 Å². The van der Waals surface area contributed by atoms with Gasteiger partial charge in [-0.2, -0.15) is 0 Å². The number of hydrogen-bond acceptors (Lipinski definition) is 4. The molecular weight excluding hydrogens is 440 g/mol. The number of carbonyl (C=O) groups is 2. The molecule has 6 rings (SSSR count). The number of piperidine rings is 1. The van der Waals surface area contributed by atoms with Gasteiger partial charge >= 0.3 is 6.03 Å². The molecule has 35 heavy (non-hydrogen) atoms. The highest BCUT2D eigenvalue weighted by Gasteiger charge is 2.52. The van der Waals surface area contributed by atoms with Gasteiger partial charge in [-0.25, -0.2) is 4.79 Å². The van der Waals surface area contributed by atoms with Crippen molar-refractivity contribution in [2.75, 3.05) is 39.3 Å². The smallest absolute Gasteiger partial charge is 0.320 e. The summed E-state index contributed by atoms with van der Waals surface area (Å²) in [5.74, 6) is 1.43. The molecular formula is C28H40N4O3. The van der Waals surface area contributed by atoms with E-state index in [1.807, 2.05) is 9.80 Å². The highest BCUT2D eigenvalue weighted by atomic mass is 16.3. The van der Waals surface area contributed by atoms with Crippen molar-refractivity contribution >= 4 is 11.9 Å². The lowest BCUT2D eigenvalue weighted by Gasteiger charge is -2.46. The zero-order valence-electron chi connectivity index (χ0n) is 20.8. The monoisotopic (exact) mass is 480 g/mol. The molecule has 0 aromatic heterocycles. The lowest BCUT2D eigenvalue weighted by Crippen LogP contribution is -2.60. The predicted octanol–water partition coefficient (Wildman–Crippen LogP) is 2.80. The molecule has 190 valence electrons. The number of nitrogens with zero attached hydrogens (tertiary/aromatic N) is 3. The van der Waals surface area contributed by atoms with Gasteiger partial charge in [-0.1, -0.05) is 30.3 Å². The van der Waals surface area contributed by atoms with Crippen LogP contribution in [0.15, 0.2) is 30.3 Å². The highest BCUT2D eigenvalue weighted by molar-refractivity contribution is 5.86. The molecule has 0 radical (unpaired) electrons. The number of aliphatic hydroxyl groups is 1. The van der Waals surface area contributed by atoms with E-state index in [9.17, 15) is 14.7 Å². The van der Waals surface area contributed by atoms with Gasteiger partial charge in [-0.15, -0.1) is 0 Å². The van der Waals surface area contributed by atoms with Crippen LogP contribution in [0.1, 0.15) is 62.8 Å². The Balaban J connectivity index is 0.966. The molecule has 5 fully saturated rings. The number of rotatable bonds is 5. The third kappa shape index (κ3) is 4.57. The second kappa shape index (κ2) is 9.40. The van der Waals surface area contributed by atoms with Crippen LogP contribution >= 0.6 is 0 Å². The standard InChI is InChI=1S/C28H40N4O3/c33-23-9-7-22(8-10-23)32-14-12-28(26(32)34)11-4-13-30(19-28)27(35)31-17-20(18-31)16-29-25-15-24(25)21-5-2-1-3-6-21/h1-3,5-6,20,22-25,29,33H,4,7-19H2/t22?,23?,24?,25-,28-/m0/s1. The zero-order chi connectivity index (χ0) is 24.0. The molecule has 3 amide bonds. The van der Waals surface area contributed by atoms with E-state index in [-0.39, 0.29) is 29.5 Å². The lowest BCUT2D eigenvalue weighted by molar-refractivity contribution is -0.141. The van der Waals surface area contributed by atoms with Crippen LogP contribution in [0.4, 0.5) is 4.79 Å². The van der Waals surface area contributed by atoms with Crippen molar-refractivity contribution < 1.29 is 14.7 Å². The maximum Gasteiger partial charge on any atom is 0.320 e. The van der Waals surface area contributed by atoms with E-state index in [1.165, 1.54) is 12.0 Å². The molecule has 1 aromatic carbocycles. The molecule has 7 heteroatoms. The Morgan fingerprint density at radius 3 is 2.57 bits per heavy atom. The fourth-order valence-electron chi connectivity index (χ4n) is 7.10. The first kappa shape index (κ1) is 23.3. The molecule has 5 aliphatic rings. The molecule has 1 aromatic rings. The van der Waals surface area contributed by atoms with Crippen LogP contribution in [0.2, 0.25) is 0 Å². The predicted molar refractivity (Wildman–Crippen MR) is 134 cm³/mol. The fraction of sp³-hybridized carbons (Fsp3) is 0.714. The van der Waals surface area contributed by atoms with E-state index in [4.69, 9.17) is 0 Å². The van der Waals surface area contributed by atoms with Gasteiger partial charge in [-0.3, -0.25) is 4.79 Å². The van der Waals surface area contributed by atoms with Crippen molar-refractivity contribution in [3.05, 3.63) is 35.9 Å². The minimum Gasteiger partial charge on any atom is -0.393 e. The minimum absolute atomic E-state index is 0.126. The first-order chi connectivity index (χ1) is 17.0. The van der Waals surface area contributed by atoms with Gasteiger partial charge < -0.3 is 25.1 Å². The van der Waals surface area contributed by atoms with Crippen molar-refractivity contribution in [1.82, 2.24) is 20.0 Å². The number of hydrogen-bond donors (Lipinski definition) is 2. The first-order valence-electron chi connectivity index (χ1n) is 13.8. The molecule has 3 atom stereocenters.